The van der Waals surface area contributed by atoms with Crippen LogP contribution in [0.25, 0.3) is 0 Å². The average molecular weight is 662 g/mol. The minimum atomic E-state index is -2.01. The summed E-state index contributed by atoms with van der Waals surface area (Å²) in [5.74, 6) is -7.55. The molecule has 0 bridgehead atoms. The Kier molecular flexibility index (Phi) is 9.33. The molecule has 6 rings (SSSR count). The van der Waals surface area contributed by atoms with Crippen LogP contribution in [-0.2, 0) is 5.60 Å². The molecule has 1 fully saturated rings. The maximum atomic E-state index is 14.9. The van der Waals surface area contributed by atoms with Gasteiger partial charge in [0.25, 0.3) is 0 Å². The van der Waals surface area contributed by atoms with E-state index in [2.05, 4.69) is 0 Å². The van der Waals surface area contributed by atoms with Gasteiger partial charge in [-0.15, -0.1) is 0 Å². The zero-order valence-corrected chi connectivity index (χ0v) is 26.6. The lowest BCUT2D eigenvalue weighted by Crippen LogP contribution is -2.58. The highest BCUT2D eigenvalue weighted by molar-refractivity contribution is 6.37. The van der Waals surface area contributed by atoms with Gasteiger partial charge in [0.2, 0.25) is 0 Å². The maximum Gasteiger partial charge on any atom is 0.169 e. The fourth-order valence-electron chi connectivity index (χ4n) is 6.93. The first-order valence-electron chi connectivity index (χ1n) is 15.3. The van der Waals surface area contributed by atoms with Crippen LogP contribution in [0.4, 0.5) is 0 Å². The van der Waals surface area contributed by atoms with E-state index in [1.54, 1.807) is 121 Å². The summed E-state index contributed by atoms with van der Waals surface area (Å²) in [6, 6.07) is 38.2. The molecule has 5 unspecified atom stereocenters. The molecule has 0 heterocycles. The molecular formula is C40H30Cl2O5. The highest BCUT2D eigenvalue weighted by Crippen LogP contribution is 2.54. The number of hydrogen-bond donors (Lipinski definition) is 1. The third kappa shape index (κ3) is 6.22. The Balaban J connectivity index is 1.66. The summed E-state index contributed by atoms with van der Waals surface area (Å²) in [5, 5.41) is 13.3. The van der Waals surface area contributed by atoms with Gasteiger partial charge in [0.15, 0.2) is 23.1 Å². The average Bonchev–Trinajstić information content (AvgIpc) is 3.11. The van der Waals surface area contributed by atoms with E-state index in [4.69, 9.17) is 23.2 Å². The van der Waals surface area contributed by atoms with Crippen molar-refractivity contribution in [2.24, 2.45) is 23.7 Å². The number of carbonyl (C=O) groups is 4. The van der Waals surface area contributed by atoms with Gasteiger partial charge in [0.1, 0.15) is 5.60 Å². The molecule has 0 saturated heterocycles. The SMILES string of the molecule is O=C(c1ccccc1)C1CC(O)(c2ccccc2)C(C(=O)c2ccccc2)C(C(=O)c2ccccc2)C1C(=O)c1ccc(Cl)cc1Cl. The largest absolute Gasteiger partial charge is 0.384 e. The molecule has 0 spiro atoms. The molecule has 234 valence electrons. The Morgan fingerprint density at radius 1 is 0.553 bits per heavy atom. The molecule has 0 amide bonds. The number of halogens is 2. The van der Waals surface area contributed by atoms with Gasteiger partial charge in [0.05, 0.1) is 10.9 Å². The molecule has 0 aromatic heterocycles. The molecule has 0 aliphatic heterocycles. The second-order valence-corrected chi connectivity index (χ2v) is 12.7. The number of carbonyl (C=O) groups excluding carboxylic acids is 4. The first-order valence-corrected chi connectivity index (χ1v) is 16.0. The van der Waals surface area contributed by atoms with Crippen molar-refractivity contribution in [2.75, 3.05) is 0 Å². The molecule has 5 aromatic rings. The van der Waals surface area contributed by atoms with Gasteiger partial charge in [-0.1, -0.05) is 145 Å². The lowest BCUT2D eigenvalue weighted by atomic mass is 9.52. The van der Waals surface area contributed by atoms with Gasteiger partial charge in [-0.25, -0.2) is 0 Å². The molecule has 0 radical (unpaired) electrons. The third-order valence-electron chi connectivity index (χ3n) is 9.10. The van der Waals surface area contributed by atoms with Crippen LogP contribution >= 0.6 is 23.2 Å². The standard InChI is InChI=1S/C40H30Cl2O5/c41-29-21-22-30(32(42)23-29)39(46)33-31(36(43)25-13-5-1-6-14-25)24-40(47,28-19-11-4-12-20-28)35(38(45)27-17-9-3-10-18-27)34(33)37(44)26-15-7-2-8-16-26/h1-23,31,33-35,47H,24H2. The van der Waals surface area contributed by atoms with Gasteiger partial charge < -0.3 is 5.11 Å². The summed E-state index contributed by atoms with van der Waals surface area (Å²) >= 11 is 12.8. The molecule has 1 N–H and O–H groups in total. The van der Waals surface area contributed by atoms with E-state index in [0.717, 1.165) is 0 Å². The summed E-state index contributed by atoms with van der Waals surface area (Å²) in [5.41, 5.74) is -0.770. The predicted molar refractivity (Wildman–Crippen MR) is 182 cm³/mol. The van der Waals surface area contributed by atoms with Gasteiger partial charge in [-0.2, -0.15) is 0 Å². The summed E-state index contributed by atoms with van der Waals surface area (Å²) in [4.78, 5) is 59.0. The topological polar surface area (TPSA) is 88.5 Å². The van der Waals surface area contributed by atoms with Gasteiger partial charge in [-0.05, 0) is 30.2 Å². The lowest BCUT2D eigenvalue weighted by molar-refractivity contribution is -0.0846. The van der Waals surface area contributed by atoms with Crippen molar-refractivity contribution in [3.8, 4) is 0 Å². The van der Waals surface area contributed by atoms with E-state index in [0.29, 0.717) is 16.1 Å². The molecule has 5 aromatic carbocycles. The van der Waals surface area contributed by atoms with Crippen molar-refractivity contribution in [1.82, 2.24) is 0 Å². The van der Waals surface area contributed by atoms with Crippen LogP contribution in [-0.4, -0.2) is 28.2 Å². The Bertz CT molecular complexity index is 1930. The molecule has 1 saturated carbocycles. The van der Waals surface area contributed by atoms with Crippen molar-refractivity contribution < 1.29 is 24.3 Å². The van der Waals surface area contributed by atoms with E-state index < -0.39 is 52.4 Å². The summed E-state index contributed by atoms with van der Waals surface area (Å²) in [7, 11) is 0. The number of aliphatic hydroxyl groups is 1. The van der Waals surface area contributed by atoms with Gasteiger partial charge in [-0.3, -0.25) is 19.2 Å². The second kappa shape index (κ2) is 13.6. The lowest BCUT2D eigenvalue weighted by Gasteiger charge is -2.50. The molecule has 5 atom stereocenters. The van der Waals surface area contributed by atoms with Gasteiger partial charge >= 0.3 is 0 Å². The van der Waals surface area contributed by atoms with Crippen molar-refractivity contribution in [1.29, 1.82) is 0 Å². The maximum absolute atomic E-state index is 14.9. The van der Waals surface area contributed by atoms with Crippen molar-refractivity contribution in [2.45, 2.75) is 12.0 Å². The number of benzene rings is 5. The zero-order valence-electron chi connectivity index (χ0n) is 25.1. The fraction of sp³-hybridized carbons (Fsp3) is 0.150. The van der Waals surface area contributed by atoms with Crippen LogP contribution in [0.3, 0.4) is 0 Å². The summed E-state index contributed by atoms with van der Waals surface area (Å²) in [6.45, 7) is 0. The summed E-state index contributed by atoms with van der Waals surface area (Å²) in [6.07, 6.45) is -0.297. The Morgan fingerprint density at radius 3 is 1.53 bits per heavy atom. The van der Waals surface area contributed by atoms with E-state index in [-0.39, 0.29) is 28.1 Å². The molecule has 5 nitrogen and oxygen atoms in total. The van der Waals surface area contributed by atoms with Crippen LogP contribution in [0.15, 0.2) is 140 Å². The quantitative estimate of drug-likeness (QED) is 0.160. The van der Waals surface area contributed by atoms with Crippen LogP contribution in [0.2, 0.25) is 10.0 Å². The Hall–Kier alpha value is -4.68. The highest BCUT2D eigenvalue weighted by atomic mass is 35.5. The number of ketones is 4. The van der Waals surface area contributed by atoms with E-state index in [1.807, 2.05) is 0 Å². The molecule has 1 aliphatic carbocycles. The van der Waals surface area contributed by atoms with Crippen LogP contribution in [0.1, 0.15) is 53.4 Å². The second-order valence-electron chi connectivity index (χ2n) is 11.8. The molecule has 1 aliphatic rings. The predicted octanol–water partition coefficient (Wildman–Crippen LogP) is 8.58. The molecule has 47 heavy (non-hydrogen) atoms. The summed E-state index contributed by atoms with van der Waals surface area (Å²) < 4.78 is 0. The highest BCUT2D eigenvalue weighted by Gasteiger charge is 2.61. The monoisotopic (exact) mass is 660 g/mol. The van der Waals surface area contributed by atoms with Crippen molar-refractivity contribution >= 4 is 46.3 Å². The Labute approximate surface area is 282 Å². The minimum absolute atomic E-state index is 0.0501. The number of hydrogen-bond acceptors (Lipinski definition) is 5. The third-order valence-corrected chi connectivity index (χ3v) is 9.64. The molecule has 7 heteroatoms. The smallest absolute Gasteiger partial charge is 0.169 e. The number of rotatable bonds is 9. The van der Waals surface area contributed by atoms with E-state index in [1.165, 1.54) is 18.2 Å². The normalized spacial score (nSPS) is 22.3. The number of Topliss-reactive ketones (excluding diaryl/α,β-unsaturated/α-hetero) is 4. The fourth-order valence-corrected chi connectivity index (χ4v) is 7.43. The van der Waals surface area contributed by atoms with Gasteiger partial charge in [0, 0.05) is 45.0 Å². The van der Waals surface area contributed by atoms with Crippen molar-refractivity contribution in [3.63, 3.8) is 0 Å². The van der Waals surface area contributed by atoms with Crippen molar-refractivity contribution in [3.05, 3.63) is 177 Å². The molecular weight excluding hydrogens is 631 g/mol. The first-order chi connectivity index (χ1) is 22.7. The zero-order chi connectivity index (χ0) is 33.1. The van der Waals surface area contributed by atoms with Crippen LogP contribution < -0.4 is 0 Å². The van der Waals surface area contributed by atoms with Crippen LogP contribution in [0, 0.1) is 23.7 Å². The first kappa shape index (κ1) is 32.3. The minimum Gasteiger partial charge on any atom is -0.384 e. The Morgan fingerprint density at radius 2 is 1.02 bits per heavy atom. The van der Waals surface area contributed by atoms with E-state index in [9.17, 15) is 24.3 Å². The van der Waals surface area contributed by atoms with E-state index >= 15 is 0 Å². The van der Waals surface area contributed by atoms with Crippen LogP contribution in [0.5, 0.6) is 0 Å².